The molecule has 4 nitrogen and oxygen atoms in total. The van der Waals surface area contributed by atoms with Crippen LogP contribution in [-0.2, 0) is 6.42 Å². The zero-order valence-electron chi connectivity index (χ0n) is 13.0. The Morgan fingerprint density at radius 3 is 2.46 bits per heavy atom. The normalized spacial score (nSPS) is 10.5. The molecule has 0 spiro atoms. The van der Waals surface area contributed by atoms with Gasteiger partial charge in [0, 0.05) is 23.7 Å². The summed E-state index contributed by atoms with van der Waals surface area (Å²) in [5.74, 6) is 0.154. The van der Waals surface area contributed by atoms with Gasteiger partial charge in [-0.2, -0.15) is 0 Å². The summed E-state index contributed by atoms with van der Waals surface area (Å²) in [7, 11) is 0. The highest BCUT2D eigenvalue weighted by atomic mass is 32.1. The average Bonchev–Trinajstić information content (AvgIpc) is 3.11. The van der Waals surface area contributed by atoms with Crippen LogP contribution in [0.25, 0.3) is 10.6 Å². The van der Waals surface area contributed by atoms with Gasteiger partial charge >= 0.3 is 0 Å². The number of carbonyl (C=O) groups excluding carboxylic acids is 1. The molecule has 0 atom stereocenters. The van der Waals surface area contributed by atoms with E-state index in [1.807, 2.05) is 54.6 Å². The maximum atomic E-state index is 12.4. The molecule has 0 unspecified atom stereocenters. The Labute approximate surface area is 144 Å². The molecule has 3 N–H and O–H groups in total. The molecule has 1 heterocycles. The highest BCUT2D eigenvalue weighted by Crippen LogP contribution is 2.25. The lowest BCUT2D eigenvalue weighted by atomic mass is 10.0. The zero-order valence-corrected chi connectivity index (χ0v) is 13.8. The van der Waals surface area contributed by atoms with Crippen molar-refractivity contribution in [3.05, 3.63) is 76.8 Å². The molecular weight excluding hydrogens is 318 g/mol. The van der Waals surface area contributed by atoms with E-state index in [1.165, 1.54) is 11.3 Å². The average molecular weight is 335 g/mol. The molecule has 0 saturated carbocycles. The topological polar surface area (TPSA) is 79.8 Å². The number of hydrogen-bond donors (Lipinski definition) is 2. The van der Waals surface area contributed by atoms with Crippen molar-refractivity contribution in [3.63, 3.8) is 0 Å². The van der Waals surface area contributed by atoms with Crippen LogP contribution in [-0.4, -0.2) is 16.6 Å². The van der Waals surface area contributed by atoms with Crippen LogP contribution >= 0.6 is 11.3 Å². The first kappa shape index (κ1) is 16.1. The molecule has 0 bridgehead atoms. The Hall–Kier alpha value is -2.79. The Balaban J connectivity index is 1.63. The first-order chi connectivity index (χ1) is 11.6. The molecule has 24 heavy (non-hydrogen) atoms. The van der Waals surface area contributed by atoms with Crippen LogP contribution in [0.15, 0.2) is 60.8 Å². The van der Waals surface area contributed by atoms with Crippen LogP contribution in [0.3, 0.4) is 0 Å². The standard InChI is InChI=1S/C19H17N3OS/c20-18(21)14-9-6-13(7-10-14)8-11-16(23)17-12-22-19(24-17)15-4-2-1-3-5-15/h1-7,9-10,12H,8,11H2,(H3,20,21). The SMILES string of the molecule is N=C(N)c1ccc(CCC(=O)c2cnc(-c3ccccc3)s2)cc1. The molecule has 0 radical (unpaired) electrons. The van der Waals surface area contributed by atoms with Gasteiger partial charge in [0.25, 0.3) is 0 Å². The molecule has 3 aromatic rings. The number of nitrogen functional groups attached to an aromatic ring is 1. The number of nitrogens with two attached hydrogens (primary N) is 1. The van der Waals surface area contributed by atoms with Gasteiger partial charge in [0.15, 0.2) is 5.78 Å². The second kappa shape index (κ2) is 7.19. The first-order valence-corrected chi connectivity index (χ1v) is 8.43. The summed E-state index contributed by atoms with van der Waals surface area (Å²) >= 11 is 1.43. The fourth-order valence-electron chi connectivity index (χ4n) is 2.35. The first-order valence-electron chi connectivity index (χ1n) is 7.61. The number of aryl methyl sites for hydroxylation is 1. The number of Topliss-reactive ketones (excluding diaryl/α,β-unsaturated/α-hetero) is 1. The molecule has 0 saturated heterocycles. The number of nitrogens with zero attached hydrogens (tertiary/aromatic N) is 1. The van der Waals surface area contributed by atoms with E-state index in [0.29, 0.717) is 23.3 Å². The highest BCUT2D eigenvalue weighted by molar-refractivity contribution is 7.16. The molecule has 120 valence electrons. The number of nitrogens with one attached hydrogen (secondary N) is 1. The van der Waals surface area contributed by atoms with Gasteiger partial charge in [-0.25, -0.2) is 4.98 Å². The van der Waals surface area contributed by atoms with E-state index in [2.05, 4.69) is 4.98 Å². The van der Waals surface area contributed by atoms with Gasteiger partial charge in [0.2, 0.25) is 0 Å². The molecule has 0 aliphatic rings. The summed E-state index contributed by atoms with van der Waals surface area (Å²) < 4.78 is 0. The van der Waals surface area contributed by atoms with Gasteiger partial charge in [-0.3, -0.25) is 10.2 Å². The van der Waals surface area contributed by atoms with Crippen LogP contribution in [0.2, 0.25) is 0 Å². The zero-order chi connectivity index (χ0) is 16.9. The number of hydrogen-bond acceptors (Lipinski definition) is 4. The van der Waals surface area contributed by atoms with Gasteiger partial charge < -0.3 is 5.73 Å². The van der Waals surface area contributed by atoms with Crippen LogP contribution < -0.4 is 5.73 Å². The van der Waals surface area contributed by atoms with E-state index in [-0.39, 0.29) is 11.6 Å². The lowest BCUT2D eigenvalue weighted by Gasteiger charge is -2.02. The van der Waals surface area contributed by atoms with Gasteiger partial charge in [0.1, 0.15) is 10.8 Å². The van der Waals surface area contributed by atoms with Crippen LogP contribution in [0.1, 0.15) is 27.2 Å². The monoisotopic (exact) mass is 335 g/mol. The summed E-state index contributed by atoms with van der Waals surface area (Å²) in [5.41, 5.74) is 8.22. The summed E-state index contributed by atoms with van der Waals surface area (Å²) in [4.78, 5) is 17.4. The third kappa shape index (κ3) is 3.75. The Morgan fingerprint density at radius 1 is 1.08 bits per heavy atom. The number of amidine groups is 1. The molecular formula is C19H17N3OS. The van der Waals surface area contributed by atoms with Gasteiger partial charge in [0.05, 0.1) is 4.88 Å². The van der Waals surface area contributed by atoms with Crippen LogP contribution in [0.5, 0.6) is 0 Å². The van der Waals surface area contributed by atoms with E-state index < -0.39 is 0 Å². The van der Waals surface area contributed by atoms with E-state index >= 15 is 0 Å². The van der Waals surface area contributed by atoms with Crippen molar-refractivity contribution in [1.82, 2.24) is 4.98 Å². The van der Waals surface area contributed by atoms with Crippen molar-refractivity contribution in [2.24, 2.45) is 5.73 Å². The fourth-order valence-corrected chi connectivity index (χ4v) is 3.24. The van der Waals surface area contributed by atoms with Crippen molar-refractivity contribution in [2.75, 3.05) is 0 Å². The van der Waals surface area contributed by atoms with E-state index in [1.54, 1.807) is 6.20 Å². The van der Waals surface area contributed by atoms with Crippen LogP contribution in [0, 0.1) is 5.41 Å². The highest BCUT2D eigenvalue weighted by Gasteiger charge is 2.12. The second-order valence-corrected chi connectivity index (χ2v) is 6.46. The number of aromatic nitrogens is 1. The lowest BCUT2D eigenvalue weighted by molar-refractivity contribution is 0.0986. The number of carbonyl (C=O) groups is 1. The third-order valence-electron chi connectivity index (χ3n) is 3.71. The van der Waals surface area contributed by atoms with E-state index in [0.717, 1.165) is 16.1 Å². The molecule has 1 aromatic heterocycles. The van der Waals surface area contributed by atoms with Crippen molar-refractivity contribution in [1.29, 1.82) is 5.41 Å². The minimum absolute atomic E-state index is 0.0516. The Bertz CT molecular complexity index is 854. The second-order valence-electron chi connectivity index (χ2n) is 5.43. The summed E-state index contributed by atoms with van der Waals surface area (Å²) in [6.45, 7) is 0. The van der Waals surface area contributed by atoms with Crippen molar-refractivity contribution < 1.29 is 4.79 Å². The molecule has 0 fully saturated rings. The maximum absolute atomic E-state index is 12.4. The minimum Gasteiger partial charge on any atom is -0.384 e. The van der Waals surface area contributed by atoms with E-state index in [9.17, 15) is 4.79 Å². The summed E-state index contributed by atoms with van der Waals surface area (Å²) in [6.07, 6.45) is 2.76. The molecule has 3 rings (SSSR count). The minimum atomic E-state index is 0.0516. The molecule has 0 aliphatic heterocycles. The third-order valence-corrected chi connectivity index (χ3v) is 4.79. The quantitative estimate of drug-likeness (QED) is 0.407. The number of benzene rings is 2. The number of thiazole rings is 1. The van der Waals surface area contributed by atoms with Crippen molar-refractivity contribution >= 4 is 23.0 Å². The molecule has 5 heteroatoms. The maximum Gasteiger partial charge on any atom is 0.174 e. The largest absolute Gasteiger partial charge is 0.384 e. The number of ketones is 1. The Morgan fingerprint density at radius 2 is 1.79 bits per heavy atom. The van der Waals surface area contributed by atoms with Crippen LogP contribution in [0.4, 0.5) is 0 Å². The summed E-state index contributed by atoms with van der Waals surface area (Å²) in [6, 6.07) is 17.3. The Kier molecular flexibility index (Phi) is 4.82. The molecule has 2 aromatic carbocycles. The molecule has 0 aliphatic carbocycles. The van der Waals surface area contributed by atoms with E-state index in [4.69, 9.17) is 11.1 Å². The smallest absolute Gasteiger partial charge is 0.174 e. The van der Waals surface area contributed by atoms with Crippen molar-refractivity contribution in [3.8, 4) is 10.6 Å². The van der Waals surface area contributed by atoms with Gasteiger partial charge in [-0.05, 0) is 12.0 Å². The van der Waals surface area contributed by atoms with Gasteiger partial charge in [-0.15, -0.1) is 11.3 Å². The lowest BCUT2D eigenvalue weighted by Crippen LogP contribution is -2.10. The predicted octanol–water partition coefficient (Wildman–Crippen LogP) is 3.91. The van der Waals surface area contributed by atoms with Gasteiger partial charge in [-0.1, -0.05) is 54.6 Å². The molecule has 0 amide bonds. The predicted molar refractivity (Wildman–Crippen MR) is 97.7 cm³/mol. The fraction of sp³-hybridized carbons (Fsp3) is 0.105. The van der Waals surface area contributed by atoms with Crippen molar-refractivity contribution in [2.45, 2.75) is 12.8 Å². The summed E-state index contributed by atoms with van der Waals surface area (Å²) in [5, 5.41) is 8.25. The number of rotatable bonds is 6.